The molecule has 116 valence electrons. The van der Waals surface area contributed by atoms with E-state index in [4.69, 9.17) is 9.47 Å². The van der Waals surface area contributed by atoms with Gasteiger partial charge in [-0.2, -0.15) is 0 Å². The molecule has 1 aliphatic carbocycles. The Morgan fingerprint density at radius 2 is 2.14 bits per heavy atom. The lowest BCUT2D eigenvalue weighted by Crippen LogP contribution is -2.06. The molecule has 0 aliphatic heterocycles. The Morgan fingerprint density at radius 1 is 1.36 bits per heavy atom. The van der Waals surface area contributed by atoms with E-state index in [9.17, 15) is 13.6 Å². The highest BCUT2D eigenvalue weighted by Gasteiger charge is 2.25. The Morgan fingerprint density at radius 3 is 2.77 bits per heavy atom. The average molecular weight is 307 g/mol. The summed E-state index contributed by atoms with van der Waals surface area (Å²) in [5.41, 5.74) is 0.563. The maximum atomic E-state index is 12.8. The molecule has 6 heteroatoms. The second-order valence-corrected chi connectivity index (χ2v) is 5.15. The molecule has 0 radical (unpaired) electrons. The topological polar surface area (TPSA) is 48.4 Å². The quantitative estimate of drug-likeness (QED) is 0.786. The van der Waals surface area contributed by atoms with Crippen molar-refractivity contribution in [2.75, 3.05) is 6.61 Å². The fourth-order valence-electron chi connectivity index (χ4n) is 2.14. The van der Waals surface area contributed by atoms with E-state index in [2.05, 4.69) is 4.98 Å². The molecule has 1 fully saturated rings. The number of pyridine rings is 1. The summed E-state index contributed by atoms with van der Waals surface area (Å²) in [4.78, 5) is 16.0. The molecular formula is C16H15F2NO3. The van der Waals surface area contributed by atoms with Gasteiger partial charge in [0.05, 0.1) is 18.3 Å². The Bertz CT molecular complexity index is 714. The Labute approximate surface area is 126 Å². The van der Waals surface area contributed by atoms with Crippen LogP contribution in [0, 0.1) is 0 Å². The fourth-order valence-corrected chi connectivity index (χ4v) is 2.14. The molecule has 22 heavy (non-hydrogen) atoms. The van der Waals surface area contributed by atoms with E-state index in [1.807, 2.05) is 0 Å². The van der Waals surface area contributed by atoms with E-state index in [1.165, 1.54) is 12.1 Å². The highest BCUT2D eigenvalue weighted by molar-refractivity contribution is 5.97. The molecule has 1 aliphatic rings. The van der Waals surface area contributed by atoms with Crippen LogP contribution in [-0.4, -0.2) is 23.7 Å². The molecule has 0 N–H and O–H groups in total. The zero-order valence-electron chi connectivity index (χ0n) is 12.0. The summed E-state index contributed by atoms with van der Waals surface area (Å²) in [5.74, 6) is -0.0728. The van der Waals surface area contributed by atoms with Crippen molar-refractivity contribution in [2.24, 2.45) is 0 Å². The highest BCUT2D eigenvalue weighted by Crippen LogP contribution is 2.34. The normalized spacial score (nSPS) is 14.4. The van der Waals surface area contributed by atoms with Crippen molar-refractivity contribution in [3.05, 3.63) is 35.5 Å². The van der Waals surface area contributed by atoms with Crippen LogP contribution in [0.5, 0.6) is 5.75 Å². The molecule has 1 aromatic carbocycles. The van der Waals surface area contributed by atoms with Crippen molar-refractivity contribution >= 4 is 16.9 Å². The van der Waals surface area contributed by atoms with Crippen LogP contribution in [0.4, 0.5) is 8.78 Å². The van der Waals surface area contributed by atoms with Crippen LogP contribution in [0.25, 0.3) is 10.9 Å². The van der Waals surface area contributed by atoms with Gasteiger partial charge < -0.3 is 9.47 Å². The van der Waals surface area contributed by atoms with Gasteiger partial charge in [-0.1, -0.05) is 0 Å². The van der Waals surface area contributed by atoms with Crippen molar-refractivity contribution in [1.82, 2.24) is 4.98 Å². The fraction of sp³-hybridized carbons (Fsp3) is 0.375. The number of alkyl halides is 2. The summed E-state index contributed by atoms with van der Waals surface area (Å²) in [5, 5.41) is 0.444. The first-order valence-electron chi connectivity index (χ1n) is 7.14. The average Bonchev–Trinajstić information content (AvgIpc) is 3.30. The van der Waals surface area contributed by atoms with Gasteiger partial charge in [0.15, 0.2) is 0 Å². The molecule has 1 aromatic heterocycles. The second kappa shape index (κ2) is 5.87. The van der Waals surface area contributed by atoms with Crippen molar-refractivity contribution in [2.45, 2.75) is 32.3 Å². The predicted octanol–water partition coefficient (Wildman–Crippen LogP) is 3.89. The number of nitrogens with zero attached hydrogens (tertiary/aromatic N) is 1. The standard InChI is InChI=1S/C16H15F2NO3/c1-2-21-16(20)10-5-9-6-11(15(17)18)8-19-14(9)13(7-10)22-12-3-4-12/h5-8,12,15H,2-4H2,1H3. The van der Waals surface area contributed by atoms with Crippen LogP contribution in [0.3, 0.4) is 0 Å². The maximum absolute atomic E-state index is 12.8. The second-order valence-electron chi connectivity index (χ2n) is 5.15. The van der Waals surface area contributed by atoms with Crippen molar-refractivity contribution in [3.63, 3.8) is 0 Å². The lowest BCUT2D eigenvalue weighted by molar-refractivity contribution is 0.0526. The number of esters is 1. The van der Waals surface area contributed by atoms with E-state index >= 15 is 0 Å². The number of benzene rings is 1. The number of hydrogen-bond acceptors (Lipinski definition) is 4. The smallest absolute Gasteiger partial charge is 0.338 e. The first kappa shape index (κ1) is 14.7. The monoisotopic (exact) mass is 307 g/mol. The van der Waals surface area contributed by atoms with Crippen molar-refractivity contribution < 1.29 is 23.0 Å². The summed E-state index contributed by atoms with van der Waals surface area (Å²) < 4.78 is 36.4. The van der Waals surface area contributed by atoms with E-state index in [0.29, 0.717) is 16.7 Å². The van der Waals surface area contributed by atoms with Gasteiger partial charge in [-0.25, -0.2) is 13.6 Å². The van der Waals surface area contributed by atoms with Gasteiger partial charge in [0.1, 0.15) is 11.3 Å². The number of fused-ring (bicyclic) bond motifs is 1. The Balaban J connectivity index is 2.09. The number of carbonyl (C=O) groups is 1. The molecule has 0 unspecified atom stereocenters. The third-order valence-corrected chi connectivity index (χ3v) is 3.35. The summed E-state index contributed by atoms with van der Waals surface area (Å²) in [6.45, 7) is 1.95. The van der Waals surface area contributed by atoms with Gasteiger partial charge in [0, 0.05) is 17.1 Å². The van der Waals surface area contributed by atoms with Gasteiger partial charge in [0.25, 0.3) is 6.43 Å². The molecule has 2 aromatic rings. The molecular weight excluding hydrogens is 292 g/mol. The minimum absolute atomic E-state index is 0.109. The zero-order chi connectivity index (χ0) is 15.7. The predicted molar refractivity (Wildman–Crippen MR) is 76.3 cm³/mol. The zero-order valence-corrected chi connectivity index (χ0v) is 12.0. The van der Waals surface area contributed by atoms with E-state index in [-0.39, 0.29) is 23.8 Å². The van der Waals surface area contributed by atoms with Crippen molar-refractivity contribution in [3.8, 4) is 5.75 Å². The maximum Gasteiger partial charge on any atom is 0.338 e. The van der Waals surface area contributed by atoms with Crippen molar-refractivity contribution in [1.29, 1.82) is 0 Å². The third-order valence-electron chi connectivity index (χ3n) is 3.35. The van der Waals surface area contributed by atoms with E-state index < -0.39 is 12.4 Å². The molecule has 0 amide bonds. The van der Waals surface area contributed by atoms with Crippen LogP contribution in [0.15, 0.2) is 24.4 Å². The molecule has 1 saturated carbocycles. The molecule has 0 atom stereocenters. The van der Waals surface area contributed by atoms with E-state index in [1.54, 1.807) is 13.0 Å². The molecule has 0 bridgehead atoms. The number of ether oxygens (including phenoxy) is 2. The number of rotatable bonds is 5. The lowest BCUT2D eigenvalue weighted by Gasteiger charge is -2.11. The largest absolute Gasteiger partial charge is 0.488 e. The Kier molecular flexibility index (Phi) is 3.92. The van der Waals surface area contributed by atoms with Crippen LogP contribution in [-0.2, 0) is 4.74 Å². The number of carbonyl (C=O) groups excluding carboxylic acids is 1. The van der Waals surface area contributed by atoms with Crippen LogP contribution < -0.4 is 4.74 Å². The lowest BCUT2D eigenvalue weighted by atomic mass is 10.1. The number of halogens is 2. The van der Waals surface area contributed by atoms with Crippen LogP contribution in [0.1, 0.15) is 42.1 Å². The Hall–Kier alpha value is -2.24. The summed E-state index contributed by atoms with van der Waals surface area (Å²) >= 11 is 0. The van der Waals surface area contributed by atoms with Gasteiger partial charge in [-0.3, -0.25) is 4.98 Å². The molecule has 1 heterocycles. The molecule has 4 nitrogen and oxygen atoms in total. The van der Waals surface area contributed by atoms with Gasteiger partial charge in [-0.15, -0.1) is 0 Å². The van der Waals surface area contributed by atoms with Gasteiger partial charge in [0.2, 0.25) is 0 Å². The number of hydrogen-bond donors (Lipinski definition) is 0. The van der Waals surface area contributed by atoms with Gasteiger partial charge in [-0.05, 0) is 38.0 Å². The van der Waals surface area contributed by atoms with Crippen LogP contribution >= 0.6 is 0 Å². The summed E-state index contributed by atoms with van der Waals surface area (Å²) in [6, 6.07) is 4.40. The molecule has 0 spiro atoms. The molecule has 3 rings (SSSR count). The van der Waals surface area contributed by atoms with Gasteiger partial charge >= 0.3 is 5.97 Å². The SMILES string of the molecule is CCOC(=O)c1cc(OC2CC2)c2ncc(C(F)F)cc2c1. The summed E-state index contributed by atoms with van der Waals surface area (Å²) in [7, 11) is 0. The third kappa shape index (κ3) is 3.00. The van der Waals surface area contributed by atoms with E-state index in [0.717, 1.165) is 19.0 Å². The highest BCUT2D eigenvalue weighted by atomic mass is 19.3. The number of aromatic nitrogens is 1. The first-order valence-corrected chi connectivity index (χ1v) is 7.14. The summed E-state index contributed by atoms with van der Waals surface area (Å²) in [6.07, 6.45) is 0.519. The van der Waals surface area contributed by atoms with Crippen LogP contribution in [0.2, 0.25) is 0 Å². The minimum atomic E-state index is -2.61. The molecule has 0 saturated heterocycles. The minimum Gasteiger partial charge on any atom is -0.488 e. The first-order chi connectivity index (χ1) is 10.6.